The summed E-state index contributed by atoms with van der Waals surface area (Å²) in [5.74, 6) is 0. The molecule has 0 saturated heterocycles. The Morgan fingerprint density at radius 1 is 0.895 bits per heavy atom. The fraction of sp³-hybridized carbons (Fsp3) is 0. The highest BCUT2D eigenvalue weighted by Crippen LogP contribution is 2.24. The van der Waals surface area contributed by atoms with Crippen molar-refractivity contribution in [2.45, 2.75) is 0 Å². The van der Waals surface area contributed by atoms with Gasteiger partial charge < -0.3 is 0 Å². The minimum atomic E-state index is 0.478. The number of halogens is 3. The van der Waals surface area contributed by atoms with E-state index in [1.165, 1.54) is 0 Å². The first kappa shape index (κ1) is 14.3. The van der Waals surface area contributed by atoms with E-state index in [1.54, 1.807) is 18.5 Å². The van der Waals surface area contributed by atoms with Crippen LogP contribution in [-0.2, 0) is 0 Å². The summed E-state index contributed by atoms with van der Waals surface area (Å²) in [4.78, 5) is 0. The van der Waals surface area contributed by atoms with E-state index < -0.39 is 0 Å². The molecule has 2 nitrogen and oxygen atoms in total. The highest BCUT2D eigenvalue weighted by Gasteiger charge is 2.00. The lowest BCUT2D eigenvalue weighted by molar-refractivity contribution is 1.26. The van der Waals surface area contributed by atoms with Crippen molar-refractivity contribution in [3.05, 3.63) is 68.1 Å². The molecule has 0 heterocycles. The first-order chi connectivity index (χ1) is 9.16. The fourth-order valence-electron chi connectivity index (χ4n) is 1.36. The number of nitrogens with zero attached hydrogens (tertiary/aromatic N) is 2. The molecule has 2 aromatic rings. The van der Waals surface area contributed by atoms with Gasteiger partial charge in [0, 0.05) is 10.0 Å². The van der Waals surface area contributed by atoms with Crippen molar-refractivity contribution in [1.29, 1.82) is 0 Å². The molecule has 0 saturated carbocycles. The molecular weight excluding hydrogens is 347 g/mol. The third-order valence-corrected chi connectivity index (χ3v) is 3.68. The Morgan fingerprint density at radius 2 is 1.58 bits per heavy atom. The molecule has 0 N–H and O–H groups in total. The Hall–Kier alpha value is -1.16. The van der Waals surface area contributed by atoms with Gasteiger partial charge in [0.25, 0.3) is 0 Å². The second-order valence-corrected chi connectivity index (χ2v) is 5.38. The molecule has 2 rings (SSSR count). The van der Waals surface area contributed by atoms with E-state index in [1.807, 2.05) is 36.4 Å². The summed E-state index contributed by atoms with van der Waals surface area (Å²) < 4.78 is 1.03. The maximum atomic E-state index is 6.03. The number of benzene rings is 2. The summed E-state index contributed by atoms with van der Waals surface area (Å²) in [5, 5.41) is 8.90. The maximum absolute atomic E-state index is 6.03. The molecular formula is C14H9BrCl2N2. The minimum Gasteiger partial charge on any atom is -0.159 e. The Kier molecular flexibility index (Phi) is 5.14. The molecule has 0 radical (unpaired) electrons. The zero-order valence-corrected chi connectivity index (χ0v) is 12.8. The van der Waals surface area contributed by atoms with Gasteiger partial charge in [-0.05, 0) is 23.8 Å². The van der Waals surface area contributed by atoms with Crippen LogP contribution in [-0.4, -0.2) is 12.4 Å². The van der Waals surface area contributed by atoms with Crippen LogP contribution in [0.5, 0.6) is 0 Å². The standard InChI is InChI=1S/C14H9BrCl2N2/c15-12-6-4-10(5-7-12)8-18-19-9-11-2-1-3-13(16)14(11)17/h1-9H/b18-8-,19-9-. The lowest BCUT2D eigenvalue weighted by Gasteiger charge is -1.97. The molecule has 19 heavy (non-hydrogen) atoms. The van der Waals surface area contributed by atoms with Crippen LogP contribution >= 0.6 is 39.1 Å². The first-order valence-corrected chi connectivity index (χ1v) is 6.98. The Morgan fingerprint density at radius 3 is 2.32 bits per heavy atom. The molecule has 5 heteroatoms. The normalized spacial score (nSPS) is 11.5. The third kappa shape index (κ3) is 4.16. The quantitative estimate of drug-likeness (QED) is 0.533. The molecule has 0 amide bonds. The van der Waals surface area contributed by atoms with Crippen molar-refractivity contribution in [1.82, 2.24) is 0 Å². The highest BCUT2D eigenvalue weighted by molar-refractivity contribution is 9.10. The van der Waals surface area contributed by atoms with Crippen LogP contribution in [0.2, 0.25) is 10.0 Å². The zero-order valence-electron chi connectivity index (χ0n) is 9.72. The van der Waals surface area contributed by atoms with Crippen LogP contribution in [0.15, 0.2) is 57.1 Å². The van der Waals surface area contributed by atoms with Crippen molar-refractivity contribution >= 4 is 51.6 Å². The largest absolute Gasteiger partial charge is 0.159 e. The Labute approximate surface area is 129 Å². The summed E-state index contributed by atoms with van der Waals surface area (Å²) in [6.07, 6.45) is 3.24. The molecule has 0 aliphatic rings. The average Bonchev–Trinajstić information content (AvgIpc) is 2.41. The zero-order chi connectivity index (χ0) is 13.7. The summed E-state index contributed by atoms with van der Waals surface area (Å²) in [7, 11) is 0. The maximum Gasteiger partial charge on any atom is 0.0680 e. The van der Waals surface area contributed by atoms with E-state index in [2.05, 4.69) is 26.1 Å². The lowest BCUT2D eigenvalue weighted by atomic mass is 10.2. The SMILES string of the molecule is Clc1cccc(/C=N\N=C/c2ccc(Br)cc2)c1Cl. The Bertz CT molecular complexity index is 622. The summed E-state index contributed by atoms with van der Waals surface area (Å²) >= 11 is 15.3. The molecule has 0 bridgehead atoms. The average molecular weight is 356 g/mol. The van der Waals surface area contributed by atoms with Gasteiger partial charge in [-0.3, -0.25) is 0 Å². The van der Waals surface area contributed by atoms with Crippen molar-refractivity contribution in [3.63, 3.8) is 0 Å². The van der Waals surface area contributed by atoms with Gasteiger partial charge in [0.15, 0.2) is 0 Å². The van der Waals surface area contributed by atoms with Crippen molar-refractivity contribution in [2.75, 3.05) is 0 Å². The van der Waals surface area contributed by atoms with E-state index in [0.717, 1.165) is 15.6 Å². The number of rotatable bonds is 3. The van der Waals surface area contributed by atoms with Gasteiger partial charge in [-0.15, -0.1) is 0 Å². The van der Waals surface area contributed by atoms with E-state index in [4.69, 9.17) is 23.2 Å². The van der Waals surface area contributed by atoms with Crippen molar-refractivity contribution in [2.24, 2.45) is 10.2 Å². The smallest absolute Gasteiger partial charge is 0.0680 e. The second-order valence-electron chi connectivity index (χ2n) is 3.68. The summed E-state index contributed by atoms with van der Waals surface area (Å²) in [6.45, 7) is 0. The molecule has 0 spiro atoms. The molecule has 96 valence electrons. The predicted octanol–water partition coefficient (Wildman–Crippen LogP) is 5.21. The van der Waals surface area contributed by atoms with Crippen LogP contribution in [0.3, 0.4) is 0 Å². The topological polar surface area (TPSA) is 24.7 Å². The van der Waals surface area contributed by atoms with Gasteiger partial charge in [0.05, 0.1) is 22.5 Å². The molecule has 2 aromatic carbocycles. The van der Waals surface area contributed by atoms with E-state index in [0.29, 0.717) is 10.0 Å². The van der Waals surface area contributed by atoms with Gasteiger partial charge in [-0.2, -0.15) is 10.2 Å². The monoisotopic (exact) mass is 354 g/mol. The molecule has 0 unspecified atom stereocenters. The van der Waals surface area contributed by atoms with E-state index in [-0.39, 0.29) is 0 Å². The second kappa shape index (κ2) is 6.85. The van der Waals surface area contributed by atoms with Crippen molar-refractivity contribution < 1.29 is 0 Å². The van der Waals surface area contributed by atoms with Crippen LogP contribution in [0, 0.1) is 0 Å². The molecule has 0 atom stereocenters. The van der Waals surface area contributed by atoms with Gasteiger partial charge in [0.2, 0.25) is 0 Å². The van der Waals surface area contributed by atoms with Crippen LogP contribution < -0.4 is 0 Å². The van der Waals surface area contributed by atoms with Gasteiger partial charge in [0.1, 0.15) is 0 Å². The molecule has 0 aromatic heterocycles. The van der Waals surface area contributed by atoms with E-state index in [9.17, 15) is 0 Å². The predicted molar refractivity (Wildman–Crippen MR) is 85.8 cm³/mol. The minimum absolute atomic E-state index is 0.478. The Balaban J connectivity index is 2.07. The third-order valence-electron chi connectivity index (χ3n) is 2.32. The molecule has 0 aliphatic carbocycles. The first-order valence-electron chi connectivity index (χ1n) is 5.43. The molecule has 0 aliphatic heterocycles. The van der Waals surface area contributed by atoms with Gasteiger partial charge in [-0.1, -0.05) is 63.4 Å². The highest BCUT2D eigenvalue weighted by atomic mass is 79.9. The summed E-state index contributed by atoms with van der Waals surface area (Å²) in [6, 6.07) is 13.1. The fourth-order valence-corrected chi connectivity index (χ4v) is 1.99. The molecule has 0 fully saturated rings. The number of hydrogen-bond donors (Lipinski definition) is 0. The van der Waals surface area contributed by atoms with Gasteiger partial charge in [-0.25, -0.2) is 0 Å². The van der Waals surface area contributed by atoms with Crippen LogP contribution in [0.25, 0.3) is 0 Å². The van der Waals surface area contributed by atoms with Crippen LogP contribution in [0.4, 0.5) is 0 Å². The van der Waals surface area contributed by atoms with Crippen LogP contribution in [0.1, 0.15) is 11.1 Å². The van der Waals surface area contributed by atoms with Gasteiger partial charge >= 0.3 is 0 Å². The van der Waals surface area contributed by atoms with Crippen molar-refractivity contribution in [3.8, 4) is 0 Å². The summed E-state index contributed by atoms with van der Waals surface area (Å²) in [5.41, 5.74) is 1.71. The number of hydrogen-bond acceptors (Lipinski definition) is 2. The van der Waals surface area contributed by atoms with E-state index >= 15 is 0 Å². The lowest BCUT2D eigenvalue weighted by Crippen LogP contribution is -1.83.